The van der Waals surface area contributed by atoms with Gasteiger partial charge >= 0.3 is 5.97 Å². The van der Waals surface area contributed by atoms with Crippen LogP contribution in [0.15, 0.2) is 30.5 Å². The SMILES string of the molecule is COc1ccc2nccc([C@H](O)CC[C@@H]3CCN(CCCSC4CCC4)C[C@@H]3CC(=O)O)c2c1. The molecule has 0 amide bonds. The molecule has 186 valence electrons. The van der Waals surface area contributed by atoms with E-state index >= 15 is 0 Å². The fourth-order valence-electron chi connectivity index (χ4n) is 5.36. The summed E-state index contributed by atoms with van der Waals surface area (Å²) in [5, 5.41) is 22.4. The topological polar surface area (TPSA) is 82.9 Å². The maximum atomic E-state index is 11.6. The highest BCUT2D eigenvalue weighted by Crippen LogP contribution is 2.35. The first-order chi connectivity index (χ1) is 16.5. The van der Waals surface area contributed by atoms with E-state index in [0.29, 0.717) is 12.3 Å². The van der Waals surface area contributed by atoms with E-state index in [1.54, 1.807) is 13.3 Å². The Hall–Kier alpha value is -1.83. The van der Waals surface area contributed by atoms with Crippen LogP contribution in [-0.4, -0.2) is 63.8 Å². The first-order valence-electron chi connectivity index (χ1n) is 12.7. The lowest BCUT2D eigenvalue weighted by atomic mass is 9.79. The number of thioether (sulfide) groups is 1. The van der Waals surface area contributed by atoms with Crippen LogP contribution in [0.4, 0.5) is 0 Å². The number of hydrogen-bond acceptors (Lipinski definition) is 6. The van der Waals surface area contributed by atoms with Crippen molar-refractivity contribution in [2.24, 2.45) is 11.8 Å². The van der Waals surface area contributed by atoms with Crippen molar-refractivity contribution in [2.45, 2.75) is 62.7 Å². The molecule has 2 heterocycles. The summed E-state index contributed by atoms with van der Waals surface area (Å²) in [6, 6.07) is 7.59. The molecule has 0 bridgehead atoms. The van der Waals surface area contributed by atoms with Gasteiger partial charge in [-0.05, 0) is 99.0 Å². The molecule has 7 heteroatoms. The number of aliphatic hydroxyl groups is 1. The van der Waals surface area contributed by atoms with Crippen molar-refractivity contribution in [3.63, 3.8) is 0 Å². The zero-order valence-electron chi connectivity index (χ0n) is 20.2. The standard InChI is InChI=1S/C27H38N2O4S/c1-33-21-7-8-25-24(17-21)23(10-12-28-25)26(30)9-6-19-11-14-29(18-20(19)16-27(31)32)13-3-15-34-22-4-2-5-22/h7-8,10,12,17,19-20,22,26,30H,2-6,9,11,13-16,18H2,1H3,(H,31,32)/t19-,20+,26-/m1/s1. The van der Waals surface area contributed by atoms with Crippen molar-refractivity contribution in [3.8, 4) is 5.75 Å². The van der Waals surface area contributed by atoms with Crippen LogP contribution in [-0.2, 0) is 4.79 Å². The average Bonchev–Trinajstić information content (AvgIpc) is 2.81. The Morgan fingerprint density at radius 1 is 1.26 bits per heavy atom. The van der Waals surface area contributed by atoms with E-state index in [1.165, 1.54) is 31.4 Å². The number of methoxy groups -OCH3 is 1. The van der Waals surface area contributed by atoms with Crippen molar-refractivity contribution < 1.29 is 19.7 Å². The van der Waals surface area contributed by atoms with Gasteiger partial charge in [0.15, 0.2) is 0 Å². The molecular weight excluding hydrogens is 448 g/mol. The van der Waals surface area contributed by atoms with E-state index in [2.05, 4.69) is 21.6 Å². The van der Waals surface area contributed by atoms with E-state index in [4.69, 9.17) is 4.74 Å². The average molecular weight is 487 g/mol. The molecule has 1 saturated carbocycles. The van der Waals surface area contributed by atoms with Gasteiger partial charge in [0.05, 0.1) is 18.7 Å². The fourth-order valence-corrected chi connectivity index (χ4v) is 6.66. The Labute approximate surface area is 207 Å². The van der Waals surface area contributed by atoms with Crippen LogP contribution in [0.1, 0.15) is 63.0 Å². The molecule has 2 aliphatic rings. The molecule has 1 saturated heterocycles. The number of fused-ring (bicyclic) bond motifs is 1. The number of carbonyl (C=O) groups is 1. The molecular formula is C27H38N2O4S. The zero-order valence-corrected chi connectivity index (χ0v) is 21.0. The molecule has 0 spiro atoms. The van der Waals surface area contributed by atoms with Crippen molar-refractivity contribution in [1.82, 2.24) is 9.88 Å². The third-order valence-electron chi connectivity index (χ3n) is 7.59. The van der Waals surface area contributed by atoms with Crippen molar-refractivity contribution in [2.75, 3.05) is 32.5 Å². The number of carboxylic acid groups (broad SMARTS) is 1. The maximum absolute atomic E-state index is 11.6. The molecule has 2 N–H and O–H groups in total. The van der Waals surface area contributed by atoms with Gasteiger partial charge in [-0.15, -0.1) is 0 Å². The van der Waals surface area contributed by atoms with Gasteiger partial charge in [-0.3, -0.25) is 9.78 Å². The summed E-state index contributed by atoms with van der Waals surface area (Å²) in [5.41, 5.74) is 1.70. The van der Waals surface area contributed by atoms with Crippen LogP contribution in [0.5, 0.6) is 5.75 Å². The van der Waals surface area contributed by atoms with Gasteiger partial charge in [-0.2, -0.15) is 11.8 Å². The van der Waals surface area contributed by atoms with Gasteiger partial charge < -0.3 is 19.8 Å². The Balaban J connectivity index is 1.32. The van der Waals surface area contributed by atoms with Crippen molar-refractivity contribution in [3.05, 3.63) is 36.0 Å². The molecule has 1 aromatic carbocycles. The highest BCUT2D eigenvalue weighted by molar-refractivity contribution is 7.99. The molecule has 34 heavy (non-hydrogen) atoms. The molecule has 3 atom stereocenters. The van der Waals surface area contributed by atoms with Crippen LogP contribution in [0.2, 0.25) is 0 Å². The smallest absolute Gasteiger partial charge is 0.303 e. The Kier molecular flexibility index (Phi) is 9.09. The predicted octanol–water partition coefficient (Wildman–Crippen LogP) is 5.15. The van der Waals surface area contributed by atoms with E-state index in [0.717, 1.165) is 59.9 Å². The van der Waals surface area contributed by atoms with Crippen LogP contribution in [0.25, 0.3) is 10.9 Å². The fraction of sp³-hybridized carbons (Fsp3) is 0.630. The number of likely N-dealkylation sites (tertiary alicyclic amines) is 1. The van der Waals surface area contributed by atoms with Gasteiger partial charge in [-0.25, -0.2) is 0 Å². The third kappa shape index (κ3) is 6.64. The number of carboxylic acids is 1. The molecule has 1 aromatic heterocycles. The van der Waals surface area contributed by atoms with Crippen LogP contribution in [0, 0.1) is 11.8 Å². The van der Waals surface area contributed by atoms with E-state index in [9.17, 15) is 15.0 Å². The zero-order chi connectivity index (χ0) is 23.9. The van der Waals surface area contributed by atoms with Gasteiger partial charge in [0.2, 0.25) is 0 Å². The van der Waals surface area contributed by atoms with Crippen molar-refractivity contribution >= 4 is 28.6 Å². The lowest BCUT2D eigenvalue weighted by Crippen LogP contribution is -2.42. The minimum atomic E-state index is -0.717. The monoisotopic (exact) mass is 486 g/mol. The lowest BCUT2D eigenvalue weighted by Gasteiger charge is -2.38. The van der Waals surface area contributed by atoms with E-state index in [1.807, 2.05) is 24.3 Å². The Bertz CT molecular complexity index is 951. The van der Waals surface area contributed by atoms with E-state index < -0.39 is 12.1 Å². The predicted molar refractivity (Wildman–Crippen MR) is 137 cm³/mol. The van der Waals surface area contributed by atoms with Gasteiger partial charge in [-0.1, -0.05) is 6.42 Å². The van der Waals surface area contributed by atoms with Crippen molar-refractivity contribution in [1.29, 1.82) is 0 Å². The third-order valence-corrected chi connectivity index (χ3v) is 9.06. The number of ether oxygens (including phenoxy) is 1. The molecule has 6 nitrogen and oxygen atoms in total. The number of pyridine rings is 1. The summed E-state index contributed by atoms with van der Waals surface area (Å²) in [6.45, 7) is 2.95. The largest absolute Gasteiger partial charge is 0.497 e. The first kappa shape index (κ1) is 25.3. The van der Waals surface area contributed by atoms with E-state index in [-0.39, 0.29) is 12.3 Å². The maximum Gasteiger partial charge on any atom is 0.303 e. The number of rotatable bonds is 12. The lowest BCUT2D eigenvalue weighted by molar-refractivity contribution is -0.139. The summed E-state index contributed by atoms with van der Waals surface area (Å²) in [5.74, 6) is 1.71. The first-order valence-corrected chi connectivity index (χ1v) is 13.7. The second-order valence-corrected chi connectivity index (χ2v) is 11.3. The van der Waals surface area contributed by atoms with Crippen LogP contribution >= 0.6 is 11.8 Å². The highest BCUT2D eigenvalue weighted by Gasteiger charge is 2.31. The summed E-state index contributed by atoms with van der Waals surface area (Å²) in [4.78, 5) is 18.4. The second kappa shape index (κ2) is 12.2. The molecule has 0 radical (unpaired) electrons. The second-order valence-electron chi connectivity index (χ2n) is 9.86. The summed E-state index contributed by atoms with van der Waals surface area (Å²) < 4.78 is 5.36. The van der Waals surface area contributed by atoms with Gasteiger partial charge in [0, 0.05) is 29.8 Å². The minimum Gasteiger partial charge on any atom is -0.497 e. The highest BCUT2D eigenvalue weighted by atomic mass is 32.2. The molecule has 2 fully saturated rings. The summed E-state index contributed by atoms with van der Waals surface area (Å²) in [7, 11) is 1.63. The number of aromatic nitrogens is 1. The number of piperidine rings is 1. The number of hydrogen-bond donors (Lipinski definition) is 2. The number of benzene rings is 1. The van der Waals surface area contributed by atoms with Crippen LogP contribution < -0.4 is 4.74 Å². The molecule has 0 unspecified atom stereocenters. The molecule has 1 aliphatic heterocycles. The normalized spacial score (nSPS) is 22.4. The quantitative estimate of drug-likeness (QED) is 0.402. The number of nitrogens with zero attached hydrogens (tertiary/aromatic N) is 2. The Morgan fingerprint density at radius 2 is 2.12 bits per heavy atom. The summed E-state index contributed by atoms with van der Waals surface area (Å²) >= 11 is 2.12. The number of aliphatic carboxylic acids is 1. The minimum absolute atomic E-state index is 0.145. The van der Waals surface area contributed by atoms with Gasteiger partial charge in [0.1, 0.15) is 5.75 Å². The molecule has 2 aromatic rings. The Morgan fingerprint density at radius 3 is 2.85 bits per heavy atom. The summed E-state index contributed by atoms with van der Waals surface area (Å²) in [6.07, 6.45) is 9.14. The van der Waals surface area contributed by atoms with Crippen LogP contribution in [0.3, 0.4) is 0 Å². The van der Waals surface area contributed by atoms with Gasteiger partial charge in [0.25, 0.3) is 0 Å². The molecule has 4 rings (SSSR count). The molecule has 1 aliphatic carbocycles. The number of aliphatic hydroxyl groups excluding tert-OH is 1.